The lowest BCUT2D eigenvalue weighted by molar-refractivity contribution is -0.148. The van der Waals surface area contributed by atoms with Crippen molar-refractivity contribution in [1.82, 2.24) is 10.2 Å². The van der Waals surface area contributed by atoms with Crippen LogP contribution < -0.4 is 5.32 Å². The first-order chi connectivity index (χ1) is 9.78. The summed E-state index contributed by atoms with van der Waals surface area (Å²) in [6.45, 7) is 14.2. The van der Waals surface area contributed by atoms with Crippen LogP contribution in [-0.4, -0.2) is 49.2 Å². The molecule has 4 heteroatoms. The maximum Gasteiger partial charge on any atom is 0.325 e. The lowest BCUT2D eigenvalue weighted by Gasteiger charge is -2.31. The molecule has 1 N–H and O–H groups in total. The minimum atomic E-state index is -0.569. The van der Waals surface area contributed by atoms with Gasteiger partial charge in [-0.2, -0.15) is 0 Å². The Balaban J connectivity index is 2.42. The highest BCUT2D eigenvalue weighted by atomic mass is 16.5. The topological polar surface area (TPSA) is 41.6 Å². The molecule has 1 rings (SSSR count). The van der Waals surface area contributed by atoms with Gasteiger partial charge in [0.2, 0.25) is 0 Å². The minimum Gasteiger partial charge on any atom is -0.468 e. The van der Waals surface area contributed by atoms with Crippen LogP contribution in [-0.2, 0) is 9.53 Å². The number of esters is 1. The molecular weight excluding hydrogens is 264 g/mol. The third kappa shape index (κ3) is 5.59. The summed E-state index contributed by atoms with van der Waals surface area (Å²) in [5, 5.41) is 3.37. The Morgan fingerprint density at radius 2 is 2.05 bits per heavy atom. The van der Waals surface area contributed by atoms with Crippen molar-refractivity contribution < 1.29 is 9.53 Å². The highest BCUT2D eigenvalue weighted by molar-refractivity contribution is 5.80. The molecule has 0 amide bonds. The Bertz CT molecular complexity index is 331. The quantitative estimate of drug-likeness (QED) is 0.700. The standard InChI is InChI=1S/C17H34N2O2/c1-13(2)15-8-11-19(12-15)10-7-9-17(5,16(20)21-6)18-14(3)4/h13-15,18H,7-12H2,1-6H3. The summed E-state index contributed by atoms with van der Waals surface area (Å²) in [6.07, 6.45) is 3.16. The highest BCUT2D eigenvalue weighted by Gasteiger charge is 2.34. The molecule has 0 radical (unpaired) electrons. The van der Waals surface area contributed by atoms with Crippen molar-refractivity contribution in [3.8, 4) is 0 Å². The number of hydrogen-bond acceptors (Lipinski definition) is 4. The van der Waals surface area contributed by atoms with Crippen LogP contribution in [0.15, 0.2) is 0 Å². The van der Waals surface area contributed by atoms with Gasteiger partial charge in [0.1, 0.15) is 5.54 Å². The van der Waals surface area contributed by atoms with Crippen LogP contribution in [0.2, 0.25) is 0 Å². The van der Waals surface area contributed by atoms with E-state index in [4.69, 9.17) is 4.74 Å². The fourth-order valence-electron chi connectivity index (χ4n) is 3.36. The molecule has 0 aromatic carbocycles. The van der Waals surface area contributed by atoms with Gasteiger partial charge in [-0.3, -0.25) is 10.1 Å². The summed E-state index contributed by atoms with van der Waals surface area (Å²) in [6, 6.07) is 0.270. The molecule has 2 unspecified atom stereocenters. The van der Waals surface area contributed by atoms with E-state index in [1.165, 1.54) is 26.6 Å². The number of rotatable bonds is 8. The molecule has 1 aliphatic heterocycles. The van der Waals surface area contributed by atoms with E-state index in [0.29, 0.717) is 0 Å². The summed E-state index contributed by atoms with van der Waals surface area (Å²) < 4.78 is 4.97. The SMILES string of the molecule is COC(=O)C(C)(CCCN1CCC(C(C)C)C1)NC(C)C. The summed E-state index contributed by atoms with van der Waals surface area (Å²) in [7, 11) is 1.47. The van der Waals surface area contributed by atoms with Crippen LogP contribution in [0.4, 0.5) is 0 Å². The normalized spacial score (nSPS) is 22.8. The zero-order valence-electron chi connectivity index (χ0n) is 14.7. The van der Waals surface area contributed by atoms with Crippen molar-refractivity contribution in [3.63, 3.8) is 0 Å². The van der Waals surface area contributed by atoms with Gasteiger partial charge in [0, 0.05) is 12.6 Å². The lowest BCUT2D eigenvalue weighted by atomic mass is 9.94. The number of nitrogens with one attached hydrogen (secondary N) is 1. The molecule has 1 aliphatic rings. The van der Waals surface area contributed by atoms with Gasteiger partial charge in [0.15, 0.2) is 0 Å². The Morgan fingerprint density at radius 3 is 2.52 bits per heavy atom. The van der Waals surface area contributed by atoms with E-state index in [0.717, 1.165) is 31.2 Å². The summed E-state index contributed by atoms with van der Waals surface area (Å²) in [5.41, 5.74) is -0.569. The fraction of sp³-hybridized carbons (Fsp3) is 0.941. The molecule has 0 saturated carbocycles. The van der Waals surface area contributed by atoms with Crippen molar-refractivity contribution in [3.05, 3.63) is 0 Å². The molecule has 124 valence electrons. The second-order valence-corrected chi connectivity index (χ2v) is 7.32. The Hall–Kier alpha value is -0.610. The molecule has 2 atom stereocenters. The van der Waals surface area contributed by atoms with Crippen molar-refractivity contribution in [2.75, 3.05) is 26.7 Å². The third-order valence-electron chi connectivity index (χ3n) is 4.65. The molecule has 4 nitrogen and oxygen atoms in total. The number of methoxy groups -OCH3 is 1. The van der Waals surface area contributed by atoms with Crippen molar-refractivity contribution in [2.45, 2.75) is 65.5 Å². The average molecular weight is 298 g/mol. The van der Waals surface area contributed by atoms with Crippen LogP contribution in [0, 0.1) is 11.8 Å². The second-order valence-electron chi connectivity index (χ2n) is 7.32. The smallest absolute Gasteiger partial charge is 0.325 e. The summed E-state index contributed by atoms with van der Waals surface area (Å²) in [4.78, 5) is 14.6. The van der Waals surface area contributed by atoms with Crippen LogP contribution in [0.25, 0.3) is 0 Å². The van der Waals surface area contributed by atoms with E-state index in [9.17, 15) is 4.79 Å². The van der Waals surface area contributed by atoms with E-state index < -0.39 is 5.54 Å². The molecule has 0 aliphatic carbocycles. The fourth-order valence-corrected chi connectivity index (χ4v) is 3.36. The Morgan fingerprint density at radius 1 is 1.38 bits per heavy atom. The van der Waals surface area contributed by atoms with Crippen molar-refractivity contribution >= 4 is 5.97 Å². The van der Waals surface area contributed by atoms with E-state index in [-0.39, 0.29) is 12.0 Å². The summed E-state index contributed by atoms with van der Waals surface area (Å²) >= 11 is 0. The first-order valence-corrected chi connectivity index (χ1v) is 8.37. The lowest BCUT2D eigenvalue weighted by Crippen LogP contribution is -2.53. The third-order valence-corrected chi connectivity index (χ3v) is 4.65. The molecular formula is C17H34N2O2. The molecule has 0 aromatic rings. The molecule has 1 fully saturated rings. The molecule has 1 heterocycles. The number of carbonyl (C=O) groups excluding carboxylic acids is 1. The number of carbonyl (C=O) groups is 1. The zero-order chi connectivity index (χ0) is 16.0. The van der Waals surface area contributed by atoms with Gasteiger partial charge in [0.05, 0.1) is 7.11 Å². The largest absolute Gasteiger partial charge is 0.468 e. The zero-order valence-corrected chi connectivity index (χ0v) is 14.7. The van der Waals surface area contributed by atoms with E-state index in [1.807, 2.05) is 6.92 Å². The van der Waals surface area contributed by atoms with Crippen molar-refractivity contribution in [2.24, 2.45) is 11.8 Å². The van der Waals surface area contributed by atoms with Gasteiger partial charge < -0.3 is 9.64 Å². The Labute approximate surface area is 130 Å². The predicted molar refractivity (Wildman–Crippen MR) is 87.3 cm³/mol. The number of ether oxygens (including phenoxy) is 1. The van der Waals surface area contributed by atoms with E-state index in [1.54, 1.807) is 0 Å². The van der Waals surface area contributed by atoms with Crippen LogP contribution in [0.5, 0.6) is 0 Å². The number of likely N-dealkylation sites (tertiary alicyclic amines) is 1. The number of hydrogen-bond donors (Lipinski definition) is 1. The monoisotopic (exact) mass is 298 g/mol. The maximum atomic E-state index is 12.0. The maximum absolute atomic E-state index is 12.0. The second kappa shape index (κ2) is 8.14. The van der Waals surface area contributed by atoms with Gasteiger partial charge in [0.25, 0.3) is 0 Å². The molecule has 21 heavy (non-hydrogen) atoms. The van der Waals surface area contributed by atoms with Crippen LogP contribution in [0.1, 0.15) is 53.9 Å². The number of nitrogens with zero attached hydrogens (tertiary/aromatic N) is 1. The highest BCUT2D eigenvalue weighted by Crippen LogP contribution is 2.24. The van der Waals surface area contributed by atoms with Crippen LogP contribution in [0.3, 0.4) is 0 Å². The first-order valence-electron chi connectivity index (χ1n) is 8.37. The van der Waals surface area contributed by atoms with Gasteiger partial charge in [-0.05, 0) is 65.0 Å². The van der Waals surface area contributed by atoms with Crippen LogP contribution >= 0.6 is 0 Å². The average Bonchev–Trinajstić information content (AvgIpc) is 2.85. The molecule has 0 aromatic heterocycles. The molecule has 1 saturated heterocycles. The minimum absolute atomic E-state index is 0.155. The Kier molecular flexibility index (Phi) is 7.14. The predicted octanol–water partition coefficient (Wildman–Crippen LogP) is 2.67. The van der Waals surface area contributed by atoms with Crippen molar-refractivity contribution in [1.29, 1.82) is 0 Å². The van der Waals surface area contributed by atoms with E-state index >= 15 is 0 Å². The molecule has 0 spiro atoms. The van der Waals surface area contributed by atoms with Gasteiger partial charge in [-0.1, -0.05) is 13.8 Å². The van der Waals surface area contributed by atoms with Gasteiger partial charge in [-0.25, -0.2) is 0 Å². The summed E-state index contributed by atoms with van der Waals surface area (Å²) in [5.74, 6) is 1.46. The first kappa shape index (κ1) is 18.4. The van der Waals surface area contributed by atoms with Gasteiger partial charge in [-0.15, -0.1) is 0 Å². The van der Waals surface area contributed by atoms with E-state index in [2.05, 4.69) is 37.9 Å². The molecule has 0 bridgehead atoms. The van der Waals surface area contributed by atoms with Gasteiger partial charge >= 0.3 is 5.97 Å².